The van der Waals surface area contributed by atoms with Gasteiger partial charge in [0.05, 0.1) is 30.2 Å². The highest BCUT2D eigenvalue weighted by Gasteiger charge is 2.35. The highest BCUT2D eigenvalue weighted by molar-refractivity contribution is 7.91. The first-order chi connectivity index (χ1) is 15.3. The number of amides is 1. The van der Waals surface area contributed by atoms with E-state index in [0.29, 0.717) is 44.9 Å². The summed E-state index contributed by atoms with van der Waals surface area (Å²) in [5, 5.41) is 1.01. The Kier molecular flexibility index (Phi) is 6.51. The number of methoxy groups -OCH3 is 1. The van der Waals surface area contributed by atoms with Gasteiger partial charge < -0.3 is 14.1 Å². The lowest BCUT2D eigenvalue weighted by atomic mass is 10.1. The van der Waals surface area contributed by atoms with Crippen LogP contribution in [0.2, 0.25) is 10.0 Å². The lowest BCUT2D eigenvalue weighted by Gasteiger charge is -2.27. The number of ether oxygens (including phenoxy) is 1. The van der Waals surface area contributed by atoms with E-state index in [-0.39, 0.29) is 24.0 Å². The van der Waals surface area contributed by atoms with Gasteiger partial charge in [-0.2, -0.15) is 0 Å². The number of hydrogen-bond acceptors (Lipinski definition) is 5. The minimum absolute atomic E-state index is 0.0566. The van der Waals surface area contributed by atoms with Crippen LogP contribution in [0.1, 0.15) is 22.5 Å². The molecule has 168 valence electrons. The van der Waals surface area contributed by atoms with E-state index in [0.717, 1.165) is 0 Å². The van der Waals surface area contributed by atoms with E-state index >= 15 is 0 Å². The van der Waals surface area contributed by atoms with Crippen molar-refractivity contribution in [3.63, 3.8) is 0 Å². The highest BCUT2D eigenvalue weighted by Crippen LogP contribution is 2.33. The minimum atomic E-state index is -3.19. The molecule has 0 bridgehead atoms. The number of nitrogens with zero attached hydrogens (tertiary/aromatic N) is 1. The maximum atomic E-state index is 13.4. The average Bonchev–Trinajstić information content (AvgIpc) is 3.39. The molecule has 4 rings (SSSR count). The van der Waals surface area contributed by atoms with E-state index < -0.39 is 15.9 Å². The largest absolute Gasteiger partial charge is 0.497 e. The SMILES string of the molecule is COc1cccc(C(=O)N(Cc2ccc(-c3cc(Cl)ccc3Cl)o2)[C@@H]2CCS(=O)(=O)C2)c1. The molecular weight excluding hydrogens is 473 g/mol. The van der Waals surface area contributed by atoms with Gasteiger partial charge >= 0.3 is 0 Å². The predicted molar refractivity (Wildman–Crippen MR) is 124 cm³/mol. The number of carbonyl (C=O) groups is 1. The molecule has 0 aliphatic carbocycles. The Hall–Kier alpha value is -2.48. The minimum Gasteiger partial charge on any atom is -0.497 e. The number of furan rings is 1. The number of sulfone groups is 1. The molecule has 1 saturated heterocycles. The molecule has 0 unspecified atom stereocenters. The molecule has 1 atom stereocenters. The van der Waals surface area contributed by atoms with Gasteiger partial charge in [0.15, 0.2) is 9.84 Å². The van der Waals surface area contributed by atoms with Gasteiger partial charge in [-0.1, -0.05) is 29.3 Å². The molecule has 0 spiro atoms. The van der Waals surface area contributed by atoms with Gasteiger partial charge in [-0.15, -0.1) is 0 Å². The third-order valence-corrected chi connectivity index (χ3v) is 7.72. The lowest BCUT2D eigenvalue weighted by Crippen LogP contribution is -2.40. The van der Waals surface area contributed by atoms with Crippen molar-refractivity contribution >= 4 is 38.9 Å². The predicted octanol–water partition coefficient (Wildman–Crippen LogP) is 5.09. The first kappa shape index (κ1) is 22.7. The Balaban J connectivity index is 1.65. The molecular formula is C23H21Cl2NO5S. The van der Waals surface area contributed by atoms with E-state index in [1.54, 1.807) is 59.5 Å². The summed E-state index contributed by atoms with van der Waals surface area (Å²) in [6, 6.07) is 14.9. The Bertz CT molecular complexity index is 1250. The molecule has 1 aliphatic rings. The van der Waals surface area contributed by atoms with Crippen LogP contribution in [-0.4, -0.2) is 43.9 Å². The Morgan fingerprint density at radius 3 is 2.69 bits per heavy atom. The van der Waals surface area contributed by atoms with Gasteiger partial charge in [-0.05, 0) is 55.0 Å². The third kappa shape index (κ3) is 4.95. The summed E-state index contributed by atoms with van der Waals surface area (Å²) in [5.41, 5.74) is 1.05. The van der Waals surface area contributed by atoms with Crippen LogP contribution in [0.15, 0.2) is 59.0 Å². The Morgan fingerprint density at radius 2 is 1.97 bits per heavy atom. The number of carbonyl (C=O) groups excluding carboxylic acids is 1. The summed E-state index contributed by atoms with van der Waals surface area (Å²) in [6.07, 6.45) is 0.381. The Morgan fingerprint density at radius 1 is 1.16 bits per heavy atom. The van der Waals surface area contributed by atoms with E-state index in [2.05, 4.69) is 0 Å². The van der Waals surface area contributed by atoms with Gasteiger partial charge in [0, 0.05) is 22.2 Å². The standard InChI is InChI=1S/C23H21Cl2NO5S/c1-30-18-4-2-3-15(11-18)23(27)26(17-9-10-32(28,29)14-17)13-19-6-8-22(31-19)20-12-16(24)5-7-21(20)25/h2-8,11-12,17H,9-10,13-14H2,1H3/t17-/m1/s1. The summed E-state index contributed by atoms with van der Waals surface area (Å²) in [7, 11) is -1.67. The van der Waals surface area contributed by atoms with Crippen LogP contribution < -0.4 is 4.74 Å². The van der Waals surface area contributed by atoms with Crippen LogP contribution in [0.25, 0.3) is 11.3 Å². The Labute approximate surface area is 196 Å². The highest BCUT2D eigenvalue weighted by atomic mass is 35.5. The van der Waals surface area contributed by atoms with Crippen LogP contribution in [-0.2, 0) is 16.4 Å². The molecule has 0 N–H and O–H groups in total. The molecule has 6 nitrogen and oxygen atoms in total. The van der Waals surface area contributed by atoms with Crippen molar-refractivity contribution in [2.75, 3.05) is 18.6 Å². The number of halogens is 2. The van der Waals surface area contributed by atoms with Crippen molar-refractivity contribution < 1.29 is 22.4 Å². The number of rotatable bonds is 6. The molecule has 2 heterocycles. The van der Waals surface area contributed by atoms with Crippen LogP contribution in [0.5, 0.6) is 5.75 Å². The first-order valence-corrected chi connectivity index (χ1v) is 12.5. The molecule has 32 heavy (non-hydrogen) atoms. The zero-order valence-corrected chi connectivity index (χ0v) is 19.6. The topological polar surface area (TPSA) is 76.8 Å². The van der Waals surface area contributed by atoms with Crippen molar-refractivity contribution in [3.8, 4) is 17.1 Å². The van der Waals surface area contributed by atoms with Crippen LogP contribution in [0, 0.1) is 0 Å². The van der Waals surface area contributed by atoms with Crippen molar-refractivity contribution in [1.82, 2.24) is 4.90 Å². The second-order valence-corrected chi connectivity index (χ2v) is 10.7. The van der Waals surface area contributed by atoms with Gasteiger partial charge in [0.25, 0.3) is 5.91 Å². The molecule has 0 saturated carbocycles. The molecule has 1 aliphatic heterocycles. The normalized spacial score (nSPS) is 17.3. The van der Waals surface area contributed by atoms with Gasteiger partial charge in [0.2, 0.25) is 0 Å². The van der Waals surface area contributed by atoms with Crippen molar-refractivity contribution in [3.05, 3.63) is 76.0 Å². The lowest BCUT2D eigenvalue weighted by molar-refractivity contribution is 0.0666. The van der Waals surface area contributed by atoms with Gasteiger partial charge in [-0.3, -0.25) is 4.79 Å². The van der Waals surface area contributed by atoms with E-state index in [4.69, 9.17) is 32.4 Å². The monoisotopic (exact) mass is 493 g/mol. The van der Waals surface area contributed by atoms with E-state index in [9.17, 15) is 13.2 Å². The average molecular weight is 494 g/mol. The fourth-order valence-electron chi connectivity index (χ4n) is 3.77. The van der Waals surface area contributed by atoms with Crippen molar-refractivity contribution in [1.29, 1.82) is 0 Å². The van der Waals surface area contributed by atoms with Crippen LogP contribution >= 0.6 is 23.2 Å². The van der Waals surface area contributed by atoms with E-state index in [1.165, 1.54) is 7.11 Å². The summed E-state index contributed by atoms with van der Waals surface area (Å²) < 4.78 is 35.4. The summed E-state index contributed by atoms with van der Waals surface area (Å²) in [6.45, 7) is 0.119. The molecule has 1 amide bonds. The number of hydrogen-bond donors (Lipinski definition) is 0. The van der Waals surface area contributed by atoms with Crippen LogP contribution in [0.3, 0.4) is 0 Å². The summed E-state index contributed by atoms with van der Waals surface area (Å²) in [5.74, 6) is 1.27. The fourth-order valence-corrected chi connectivity index (χ4v) is 5.89. The van der Waals surface area contributed by atoms with E-state index in [1.807, 2.05) is 0 Å². The zero-order chi connectivity index (χ0) is 22.9. The molecule has 3 aromatic rings. The molecule has 0 radical (unpaired) electrons. The zero-order valence-electron chi connectivity index (χ0n) is 17.3. The smallest absolute Gasteiger partial charge is 0.254 e. The molecule has 9 heteroatoms. The maximum Gasteiger partial charge on any atom is 0.254 e. The van der Waals surface area contributed by atoms with Crippen molar-refractivity contribution in [2.45, 2.75) is 19.0 Å². The second kappa shape index (κ2) is 9.17. The maximum absolute atomic E-state index is 13.4. The van der Waals surface area contributed by atoms with Crippen molar-refractivity contribution in [2.24, 2.45) is 0 Å². The molecule has 1 fully saturated rings. The second-order valence-electron chi connectivity index (χ2n) is 7.61. The fraction of sp³-hybridized carbons (Fsp3) is 0.261. The third-order valence-electron chi connectivity index (χ3n) is 5.41. The quantitative estimate of drug-likeness (QED) is 0.477. The van der Waals surface area contributed by atoms with Gasteiger partial charge in [-0.25, -0.2) is 8.42 Å². The molecule has 1 aromatic heterocycles. The van der Waals surface area contributed by atoms with Gasteiger partial charge in [0.1, 0.15) is 17.3 Å². The summed E-state index contributed by atoms with van der Waals surface area (Å²) >= 11 is 12.4. The summed E-state index contributed by atoms with van der Waals surface area (Å²) in [4.78, 5) is 14.9. The first-order valence-electron chi connectivity index (χ1n) is 9.95. The van der Waals surface area contributed by atoms with Crippen LogP contribution in [0.4, 0.5) is 0 Å². The molecule has 2 aromatic carbocycles. The number of benzene rings is 2.